The number of alkyl carbamates (subject to hydrolysis) is 1. The van der Waals surface area contributed by atoms with E-state index >= 15 is 0 Å². The SMILES string of the molecule is CC(C)(C)[C@H](NC(=O)[C@H](CC1CC1)NC(=O)OCC1c2ccccc2-c2ccccc21)C(=O)O. The fourth-order valence-electron chi connectivity index (χ4n) is 4.59. The fraction of sp³-hybridized carbons (Fsp3) is 0.444. The van der Waals surface area contributed by atoms with Crippen LogP contribution in [0.4, 0.5) is 4.79 Å². The Morgan fingerprint density at radius 2 is 1.53 bits per heavy atom. The van der Waals surface area contributed by atoms with Crippen molar-refractivity contribution in [2.75, 3.05) is 6.61 Å². The van der Waals surface area contributed by atoms with E-state index in [-0.39, 0.29) is 12.5 Å². The summed E-state index contributed by atoms with van der Waals surface area (Å²) in [4.78, 5) is 37.4. The predicted molar refractivity (Wildman–Crippen MR) is 128 cm³/mol. The topological polar surface area (TPSA) is 105 Å². The van der Waals surface area contributed by atoms with E-state index in [1.54, 1.807) is 20.8 Å². The van der Waals surface area contributed by atoms with Gasteiger partial charge in [0.25, 0.3) is 0 Å². The van der Waals surface area contributed by atoms with Crippen molar-refractivity contribution >= 4 is 18.0 Å². The van der Waals surface area contributed by atoms with Crippen LogP contribution in [0, 0.1) is 11.3 Å². The van der Waals surface area contributed by atoms with Gasteiger partial charge in [0.1, 0.15) is 18.7 Å². The Bertz CT molecular complexity index is 1040. The van der Waals surface area contributed by atoms with Crippen LogP contribution in [-0.4, -0.2) is 41.8 Å². The van der Waals surface area contributed by atoms with Gasteiger partial charge in [-0.1, -0.05) is 82.1 Å². The van der Waals surface area contributed by atoms with E-state index in [2.05, 4.69) is 22.8 Å². The molecule has 0 aliphatic heterocycles. The van der Waals surface area contributed by atoms with Gasteiger partial charge in [-0.25, -0.2) is 9.59 Å². The highest BCUT2D eigenvalue weighted by atomic mass is 16.5. The molecule has 7 nitrogen and oxygen atoms in total. The number of hydrogen-bond donors (Lipinski definition) is 3. The first kappa shape index (κ1) is 23.8. The predicted octanol–water partition coefficient (Wildman–Crippen LogP) is 4.31. The second-order valence-electron chi connectivity index (χ2n) is 10.3. The summed E-state index contributed by atoms with van der Waals surface area (Å²) in [6, 6.07) is 14.3. The van der Waals surface area contributed by atoms with Crippen LogP contribution >= 0.6 is 0 Å². The lowest BCUT2D eigenvalue weighted by Crippen LogP contribution is -2.55. The molecule has 2 aliphatic rings. The molecule has 180 valence electrons. The van der Waals surface area contributed by atoms with Gasteiger partial charge in [0.2, 0.25) is 5.91 Å². The zero-order valence-electron chi connectivity index (χ0n) is 19.8. The minimum absolute atomic E-state index is 0.0776. The summed E-state index contributed by atoms with van der Waals surface area (Å²) >= 11 is 0. The second-order valence-corrected chi connectivity index (χ2v) is 10.3. The first-order valence-electron chi connectivity index (χ1n) is 11.8. The molecule has 4 rings (SSSR count). The zero-order valence-corrected chi connectivity index (χ0v) is 19.8. The molecule has 3 N–H and O–H groups in total. The Morgan fingerprint density at radius 1 is 0.971 bits per heavy atom. The minimum Gasteiger partial charge on any atom is -0.480 e. The third-order valence-electron chi connectivity index (χ3n) is 6.62. The summed E-state index contributed by atoms with van der Waals surface area (Å²) in [6.45, 7) is 5.40. The summed E-state index contributed by atoms with van der Waals surface area (Å²) in [5.74, 6) is -1.33. The van der Waals surface area contributed by atoms with Crippen LogP contribution in [0.2, 0.25) is 0 Å². The van der Waals surface area contributed by atoms with E-state index in [1.165, 1.54) is 0 Å². The smallest absolute Gasteiger partial charge is 0.407 e. The molecule has 2 aliphatic carbocycles. The Morgan fingerprint density at radius 3 is 2.03 bits per heavy atom. The number of carboxylic acid groups (broad SMARTS) is 1. The molecular formula is C27H32N2O5. The van der Waals surface area contributed by atoms with Crippen molar-refractivity contribution in [2.45, 2.75) is 58.0 Å². The van der Waals surface area contributed by atoms with Crippen molar-refractivity contribution in [1.82, 2.24) is 10.6 Å². The molecule has 0 heterocycles. The number of amides is 2. The number of hydrogen-bond acceptors (Lipinski definition) is 4. The van der Waals surface area contributed by atoms with E-state index in [0.29, 0.717) is 12.3 Å². The van der Waals surface area contributed by atoms with Crippen LogP contribution < -0.4 is 10.6 Å². The summed E-state index contributed by atoms with van der Waals surface area (Å²) in [5.41, 5.74) is 3.83. The third-order valence-corrected chi connectivity index (χ3v) is 6.62. The fourth-order valence-corrected chi connectivity index (χ4v) is 4.59. The molecule has 0 unspecified atom stereocenters. The van der Waals surface area contributed by atoms with E-state index < -0.39 is 35.5 Å². The highest BCUT2D eigenvalue weighted by Crippen LogP contribution is 2.44. The maximum atomic E-state index is 12.9. The summed E-state index contributed by atoms with van der Waals surface area (Å²) in [7, 11) is 0. The average Bonchev–Trinajstić information content (AvgIpc) is 3.55. The van der Waals surface area contributed by atoms with E-state index in [9.17, 15) is 19.5 Å². The molecule has 0 aromatic heterocycles. The molecule has 7 heteroatoms. The molecule has 2 amide bonds. The van der Waals surface area contributed by atoms with Gasteiger partial charge < -0.3 is 20.5 Å². The van der Waals surface area contributed by atoms with E-state index in [1.807, 2.05) is 36.4 Å². The summed E-state index contributed by atoms with van der Waals surface area (Å²) in [5, 5.41) is 14.9. The number of aliphatic carboxylic acids is 1. The van der Waals surface area contributed by atoms with Crippen LogP contribution in [0.1, 0.15) is 57.1 Å². The number of nitrogens with one attached hydrogen (secondary N) is 2. The van der Waals surface area contributed by atoms with Gasteiger partial charge in [0, 0.05) is 5.92 Å². The number of ether oxygens (including phenoxy) is 1. The number of carbonyl (C=O) groups is 3. The Labute approximate surface area is 199 Å². The van der Waals surface area contributed by atoms with Gasteiger partial charge in [0.05, 0.1) is 0 Å². The molecule has 1 saturated carbocycles. The summed E-state index contributed by atoms with van der Waals surface area (Å²) in [6.07, 6.45) is 1.78. The van der Waals surface area contributed by atoms with Crippen molar-refractivity contribution in [3.05, 3.63) is 59.7 Å². The van der Waals surface area contributed by atoms with Crippen molar-refractivity contribution in [1.29, 1.82) is 0 Å². The number of carboxylic acids is 1. The Kier molecular flexibility index (Phi) is 6.64. The minimum atomic E-state index is -1.10. The van der Waals surface area contributed by atoms with Gasteiger partial charge in [0.15, 0.2) is 0 Å². The van der Waals surface area contributed by atoms with Crippen LogP contribution in [0.3, 0.4) is 0 Å². The van der Waals surface area contributed by atoms with Crippen LogP contribution in [-0.2, 0) is 14.3 Å². The molecule has 0 saturated heterocycles. The Hall–Kier alpha value is -3.35. The standard InChI is InChI=1S/C27H32N2O5/c1-27(2,3)23(25(31)32)29-24(30)22(14-16-12-13-16)28-26(33)34-15-21-19-10-6-4-8-17(19)18-9-5-7-11-20(18)21/h4-11,16,21-23H,12-15H2,1-3H3,(H,28,33)(H,29,30)(H,31,32)/t22-,23+/m0/s1. The molecule has 2 aromatic rings. The molecule has 0 radical (unpaired) electrons. The normalized spacial score (nSPS) is 16.7. The third kappa shape index (κ3) is 5.24. The van der Waals surface area contributed by atoms with Gasteiger partial charge in [-0.2, -0.15) is 0 Å². The molecule has 2 atom stereocenters. The zero-order chi connectivity index (χ0) is 24.5. The van der Waals surface area contributed by atoms with Gasteiger partial charge in [-0.05, 0) is 40.0 Å². The van der Waals surface area contributed by atoms with Crippen molar-refractivity contribution in [3.8, 4) is 11.1 Å². The number of carbonyl (C=O) groups excluding carboxylic acids is 2. The van der Waals surface area contributed by atoms with Crippen molar-refractivity contribution < 1.29 is 24.2 Å². The molecular weight excluding hydrogens is 432 g/mol. The van der Waals surface area contributed by atoms with Crippen molar-refractivity contribution in [2.24, 2.45) is 11.3 Å². The number of benzene rings is 2. The lowest BCUT2D eigenvalue weighted by atomic mass is 9.86. The molecule has 1 fully saturated rings. The summed E-state index contributed by atoms with van der Waals surface area (Å²) < 4.78 is 5.60. The lowest BCUT2D eigenvalue weighted by Gasteiger charge is -2.29. The number of rotatable bonds is 8. The highest BCUT2D eigenvalue weighted by molar-refractivity contribution is 5.89. The number of fused-ring (bicyclic) bond motifs is 3. The average molecular weight is 465 g/mol. The van der Waals surface area contributed by atoms with Crippen LogP contribution in [0.25, 0.3) is 11.1 Å². The Balaban J connectivity index is 1.42. The van der Waals surface area contributed by atoms with E-state index in [0.717, 1.165) is 35.1 Å². The van der Waals surface area contributed by atoms with Gasteiger partial charge in [-0.15, -0.1) is 0 Å². The molecule has 0 bridgehead atoms. The molecule has 2 aromatic carbocycles. The van der Waals surface area contributed by atoms with Gasteiger partial charge in [-0.3, -0.25) is 4.79 Å². The second kappa shape index (κ2) is 9.49. The highest BCUT2D eigenvalue weighted by Gasteiger charge is 2.37. The van der Waals surface area contributed by atoms with Crippen LogP contribution in [0.5, 0.6) is 0 Å². The van der Waals surface area contributed by atoms with Gasteiger partial charge >= 0.3 is 12.1 Å². The van der Waals surface area contributed by atoms with Crippen molar-refractivity contribution in [3.63, 3.8) is 0 Å². The molecule has 0 spiro atoms. The van der Waals surface area contributed by atoms with Crippen LogP contribution in [0.15, 0.2) is 48.5 Å². The maximum Gasteiger partial charge on any atom is 0.407 e. The maximum absolute atomic E-state index is 12.9. The quantitative estimate of drug-likeness (QED) is 0.540. The monoisotopic (exact) mass is 464 g/mol. The lowest BCUT2D eigenvalue weighted by molar-refractivity contribution is -0.145. The molecule has 34 heavy (non-hydrogen) atoms. The first-order chi connectivity index (χ1) is 16.1. The first-order valence-corrected chi connectivity index (χ1v) is 11.8. The van der Waals surface area contributed by atoms with E-state index in [4.69, 9.17) is 4.74 Å². The largest absolute Gasteiger partial charge is 0.480 e.